The second-order valence-electron chi connectivity index (χ2n) is 5.37. The number of rotatable bonds is 3. The van der Waals surface area contributed by atoms with Gasteiger partial charge in [0.2, 0.25) is 0 Å². The number of hydrogen-bond acceptors (Lipinski definition) is 4. The highest BCUT2D eigenvalue weighted by atomic mass is 79.9. The molecular formula is C14H19BrN2O2S. The Kier molecular flexibility index (Phi) is 4.75. The summed E-state index contributed by atoms with van der Waals surface area (Å²) in [6.07, 6.45) is 2.78. The van der Waals surface area contributed by atoms with Gasteiger partial charge in [-0.05, 0) is 34.8 Å². The van der Waals surface area contributed by atoms with Crippen LogP contribution in [-0.4, -0.2) is 61.1 Å². The molecule has 2 saturated heterocycles. The fraction of sp³-hybridized carbons (Fsp3) is 0.643. The smallest absolute Gasteiger partial charge is 0.254 e. The minimum Gasteiger partial charge on any atom is -0.377 e. The zero-order chi connectivity index (χ0) is 13.9. The van der Waals surface area contributed by atoms with Crippen molar-refractivity contribution in [3.63, 3.8) is 0 Å². The van der Waals surface area contributed by atoms with Crippen LogP contribution < -0.4 is 0 Å². The Labute approximate surface area is 131 Å². The number of amides is 1. The molecule has 20 heavy (non-hydrogen) atoms. The van der Waals surface area contributed by atoms with Crippen molar-refractivity contribution in [2.45, 2.75) is 18.9 Å². The highest BCUT2D eigenvalue weighted by Gasteiger charge is 2.25. The second kappa shape index (κ2) is 6.56. The number of thiophene rings is 1. The lowest BCUT2D eigenvalue weighted by atomic mass is 10.2. The summed E-state index contributed by atoms with van der Waals surface area (Å²) in [5, 5.41) is 1.92. The first kappa shape index (κ1) is 14.5. The Hall–Kier alpha value is -0.430. The van der Waals surface area contributed by atoms with Gasteiger partial charge in [-0.3, -0.25) is 9.69 Å². The topological polar surface area (TPSA) is 32.8 Å². The van der Waals surface area contributed by atoms with E-state index in [0.717, 1.165) is 48.7 Å². The van der Waals surface area contributed by atoms with Crippen LogP contribution in [0.4, 0.5) is 0 Å². The third kappa shape index (κ3) is 3.42. The normalized spacial score (nSPS) is 24.2. The van der Waals surface area contributed by atoms with Gasteiger partial charge in [0.05, 0.1) is 15.5 Å². The van der Waals surface area contributed by atoms with Crippen LogP contribution in [0.5, 0.6) is 0 Å². The minimum atomic E-state index is 0.156. The summed E-state index contributed by atoms with van der Waals surface area (Å²) < 4.78 is 6.69. The summed E-state index contributed by atoms with van der Waals surface area (Å²) in [4.78, 5) is 16.7. The number of ether oxygens (including phenoxy) is 1. The molecule has 1 atom stereocenters. The molecule has 1 aromatic rings. The van der Waals surface area contributed by atoms with Gasteiger partial charge < -0.3 is 9.64 Å². The molecule has 2 fully saturated rings. The van der Waals surface area contributed by atoms with Gasteiger partial charge in [-0.2, -0.15) is 0 Å². The van der Waals surface area contributed by atoms with Crippen LogP contribution in [0.15, 0.2) is 15.2 Å². The lowest BCUT2D eigenvalue weighted by Crippen LogP contribution is -2.50. The maximum Gasteiger partial charge on any atom is 0.254 e. The van der Waals surface area contributed by atoms with Gasteiger partial charge in [-0.1, -0.05) is 0 Å². The number of hydrogen-bond donors (Lipinski definition) is 0. The zero-order valence-electron chi connectivity index (χ0n) is 11.4. The fourth-order valence-electron chi connectivity index (χ4n) is 2.81. The van der Waals surface area contributed by atoms with Gasteiger partial charge in [0.1, 0.15) is 0 Å². The van der Waals surface area contributed by atoms with E-state index in [9.17, 15) is 4.79 Å². The van der Waals surface area contributed by atoms with E-state index in [-0.39, 0.29) is 5.91 Å². The summed E-state index contributed by atoms with van der Waals surface area (Å²) >= 11 is 4.97. The molecule has 6 heteroatoms. The molecule has 4 nitrogen and oxygen atoms in total. The maximum absolute atomic E-state index is 12.3. The highest BCUT2D eigenvalue weighted by Crippen LogP contribution is 2.22. The Bertz CT molecular complexity index is 465. The molecule has 3 heterocycles. The van der Waals surface area contributed by atoms with E-state index in [1.54, 1.807) is 11.3 Å². The molecule has 0 saturated carbocycles. The molecule has 1 amide bonds. The van der Waals surface area contributed by atoms with Crippen molar-refractivity contribution in [1.82, 2.24) is 9.80 Å². The first-order valence-electron chi connectivity index (χ1n) is 7.09. The summed E-state index contributed by atoms with van der Waals surface area (Å²) in [6, 6.07) is 1.91. The van der Waals surface area contributed by atoms with Gasteiger partial charge in [-0.25, -0.2) is 0 Å². The van der Waals surface area contributed by atoms with Gasteiger partial charge >= 0.3 is 0 Å². The first-order chi connectivity index (χ1) is 9.72. The Morgan fingerprint density at radius 3 is 2.80 bits per heavy atom. The van der Waals surface area contributed by atoms with Crippen LogP contribution in [-0.2, 0) is 4.74 Å². The number of halogens is 1. The Morgan fingerprint density at radius 1 is 1.40 bits per heavy atom. The van der Waals surface area contributed by atoms with Crippen molar-refractivity contribution in [2.75, 3.05) is 39.3 Å². The molecule has 110 valence electrons. The van der Waals surface area contributed by atoms with Crippen molar-refractivity contribution in [2.24, 2.45) is 0 Å². The first-order valence-corrected chi connectivity index (χ1v) is 8.77. The van der Waals surface area contributed by atoms with Crippen LogP contribution in [0.1, 0.15) is 23.2 Å². The van der Waals surface area contributed by atoms with Crippen molar-refractivity contribution in [1.29, 1.82) is 0 Å². The van der Waals surface area contributed by atoms with E-state index in [0.29, 0.717) is 6.10 Å². The summed E-state index contributed by atoms with van der Waals surface area (Å²) in [6.45, 7) is 5.48. The molecule has 0 radical (unpaired) electrons. The molecule has 0 aromatic carbocycles. The van der Waals surface area contributed by atoms with E-state index in [1.165, 1.54) is 12.8 Å². The van der Waals surface area contributed by atoms with E-state index in [2.05, 4.69) is 20.8 Å². The van der Waals surface area contributed by atoms with Gasteiger partial charge in [0.25, 0.3) is 5.91 Å². The van der Waals surface area contributed by atoms with Crippen molar-refractivity contribution in [3.05, 3.63) is 20.8 Å². The molecule has 0 aliphatic carbocycles. The minimum absolute atomic E-state index is 0.156. The molecule has 1 unspecified atom stereocenters. The molecular weight excluding hydrogens is 340 g/mol. The third-order valence-corrected chi connectivity index (χ3v) is 5.46. The van der Waals surface area contributed by atoms with Crippen LogP contribution in [0.3, 0.4) is 0 Å². The summed E-state index contributed by atoms with van der Waals surface area (Å²) in [7, 11) is 0. The van der Waals surface area contributed by atoms with E-state index >= 15 is 0 Å². The molecule has 2 aliphatic heterocycles. The number of carbonyl (C=O) groups is 1. The van der Waals surface area contributed by atoms with E-state index in [1.807, 2.05) is 16.3 Å². The molecule has 0 spiro atoms. The van der Waals surface area contributed by atoms with Crippen LogP contribution in [0.2, 0.25) is 0 Å². The zero-order valence-corrected chi connectivity index (χ0v) is 13.8. The molecule has 1 aromatic heterocycles. The van der Waals surface area contributed by atoms with Crippen LogP contribution >= 0.6 is 27.3 Å². The molecule has 0 bridgehead atoms. The number of nitrogens with zero attached hydrogens (tertiary/aromatic N) is 2. The second-order valence-corrected chi connectivity index (χ2v) is 7.66. The third-order valence-electron chi connectivity index (χ3n) is 3.96. The Balaban J connectivity index is 1.49. The number of carbonyl (C=O) groups excluding carboxylic acids is 1. The monoisotopic (exact) mass is 358 g/mol. The average Bonchev–Trinajstić information content (AvgIpc) is 3.10. The summed E-state index contributed by atoms with van der Waals surface area (Å²) in [5.74, 6) is 0.156. The lowest BCUT2D eigenvalue weighted by Gasteiger charge is -2.35. The predicted molar refractivity (Wildman–Crippen MR) is 83.3 cm³/mol. The van der Waals surface area contributed by atoms with Gasteiger partial charge in [0.15, 0.2) is 0 Å². The summed E-state index contributed by atoms with van der Waals surface area (Å²) in [5.41, 5.74) is 0.800. The quantitative estimate of drug-likeness (QED) is 0.831. The van der Waals surface area contributed by atoms with Crippen molar-refractivity contribution < 1.29 is 9.53 Å². The lowest BCUT2D eigenvalue weighted by molar-refractivity contribution is 0.0433. The molecule has 2 aliphatic rings. The standard InChI is InChI=1S/C14H19BrN2O2S/c15-13-8-11(10-20-13)14(18)17-5-3-16(4-6-17)9-12-2-1-7-19-12/h8,10,12H,1-7,9H2. The fourth-order valence-corrected chi connectivity index (χ4v) is 3.95. The molecule has 0 N–H and O–H groups in total. The Morgan fingerprint density at radius 2 is 2.20 bits per heavy atom. The van der Waals surface area contributed by atoms with E-state index < -0.39 is 0 Å². The highest BCUT2D eigenvalue weighted by molar-refractivity contribution is 9.11. The predicted octanol–water partition coefficient (Wildman–Crippen LogP) is 2.45. The number of piperazine rings is 1. The van der Waals surface area contributed by atoms with Gasteiger partial charge in [-0.15, -0.1) is 11.3 Å². The van der Waals surface area contributed by atoms with Crippen molar-refractivity contribution in [3.8, 4) is 0 Å². The molecule has 3 rings (SSSR count). The van der Waals surface area contributed by atoms with Crippen molar-refractivity contribution >= 4 is 33.2 Å². The largest absolute Gasteiger partial charge is 0.377 e. The van der Waals surface area contributed by atoms with E-state index in [4.69, 9.17) is 4.74 Å². The van der Waals surface area contributed by atoms with Gasteiger partial charge in [0, 0.05) is 44.7 Å². The van der Waals surface area contributed by atoms with Crippen LogP contribution in [0.25, 0.3) is 0 Å². The average molecular weight is 359 g/mol. The van der Waals surface area contributed by atoms with Crippen LogP contribution in [0, 0.1) is 0 Å². The SMILES string of the molecule is O=C(c1csc(Br)c1)N1CCN(CC2CCCO2)CC1. The maximum atomic E-state index is 12.3.